The molecule has 0 aliphatic heterocycles. The summed E-state index contributed by atoms with van der Waals surface area (Å²) in [6, 6.07) is 8.40. The summed E-state index contributed by atoms with van der Waals surface area (Å²) in [6.45, 7) is 1.93. The maximum absolute atomic E-state index is 11.1. The Kier molecular flexibility index (Phi) is 4.53. The van der Waals surface area contributed by atoms with Crippen molar-refractivity contribution >= 4 is 17.3 Å². The fourth-order valence-electron chi connectivity index (χ4n) is 1.73. The van der Waals surface area contributed by atoms with Crippen LogP contribution in [0.2, 0.25) is 0 Å². The molecule has 0 bridgehead atoms. The highest BCUT2D eigenvalue weighted by molar-refractivity contribution is 6.17. The Morgan fingerprint density at radius 3 is 2.85 bits per heavy atom. The zero-order valence-electron chi connectivity index (χ0n) is 10.9. The fraction of sp³-hybridized carbons (Fsp3) is 0.214. The zero-order valence-corrected chi connectivity index (χ0v) is 11.6. The Hall–Kier alpha value is -2.14. The predicted molar refractivity (Wildman–Crippen MR) is 76.3 cm³/mol. The molecule has 0 radical (unpaired) electrons. The molecule has 1 aromatic heterocycles. The Balaban J connectivity index is 2.40. The number of halogens is 1. The van der Waals surface area contributed by atoms with Crippen molar-refractivity contribution in [1.82, 2.24) is 4.98 Å². The topological polar surface area (TPSA) is 65.3 Å². The lowest BCUT2D eigenvalue weighted by Crippen LogP contribution is -1.98. The fourth-order valence-corrected chi connectivity index (χ4v) is 1.94. The minimum Gasteiger partial charge on any atom is -0.431 e. The van der Waals surface area contributed by atoms with Crippen LogP contribution in [0.5, 0.6) is 11.6 Å². The third-order valence-electron chi connectivity index (χ3n) is 2.83. The van der Waals surface area contributed by atoms with Crippen LogP contribution >= 0.6 is 11.6 Å². The van der Waals surface area contributed by atoms with Crippen LogP contribution < -0.4 is 4.74 Å². The number of nitro groups is 1. The molecule has 20 heavy (non-hydrogen) atoms. The van der Waals surface area contributed by atoms with Crippen molar-refractivity contribution in [2.45, 2.75) is 19.2 Å². The first kappa shape index (κ1) is 14.3. The van der Waals surface area contributed by atoms with Gasteiger partial charge in [0.2, 0.25) is 11.6 Å². The van der Waals surface area contributed by atoms with Crippen LogP contribution in [-0.2, 0) is 12.3 Å². The first-order chi connectivity index (χ1) is 9.65. The van der Waals surface area contributed by atoms with Crippen molar-refractivity contribution in [2.24, 2.45) is 0 Å². The molecule has 0 unspecified atom stereocenters. The van der Waals surface area contributed by atoms with Gasteiger partial charge in [-0.25, -0.2) is 4.98 Å². The highest BCUT2D eigenvalue weighted by atomic mass is 35.5. The molecular weight excluding hydrogens is 280 g/mol. The number of rotatable bonds is 5. The number of nitro benzene ring substituents is 1. The lowest BCUT2D eigenvalue weighted by molar-refractivity contribution is -0.385. The van der Waals surface area contributed by atoms with Gasteiger partial charge in [-0.2, -0.15) is 0 Å². The molecule has 0 amide bonds. The number of alkyl halides is 1. The second-order valence-electron chi connectivity index (χ2n) is 4.12. The van der Waals surface area contributed by atoms with Gasteiger partial charge in [0, 0.05) is 17.8 Å². The van der Waals surface area contributed by atoms with Gasteiger partial charge in [0.25, 0.3) is 0 Å². The van der Waals surface area contributed by atoms with E-state index in [1.165, 1.54) is 6.07 Å². The number of hydrogen-bond acceptors (Lipinski definition) is 4. The summed E-state index contributed by atoms with van der Waals surface area (Å²) in [5.41, 5.74) is 1.49. The molecule has 1 heterocycles. The van der Waals surface area contributed by atoms with Crippen LogP contribution in [0.1, 0.15) is 18.1 Å². The molecule has 0 aliphatic rings. The van der Waals surface area contributed by atoms with Crippen LogP contribution in [0.25, 0.3) is 0 Å². The van der Waals surface area contributed by atoms with Gasteiger partial charge >= 0.3 is 5.69 Å². The molecule has 0 spiro atoms. The van der Waals surface area contributed by atoms with Gasteiger partial charge < -0.3 is 4.74 Å². The summed E-state index contributed by atoms with van der Waals surface area (Å²) in [5, 5.41) is 11.1. The molecule has 0 N–H and O–H groups in total. The van der Waals surface area contributed by atoms with Gasteiger partial charge in [-0.15, -0.1) is 11.6 Å². The average Bonchev–Trinajstić information content (AvgIpc) is 2.48. The van der Waals surface area contributed by atoms with Crippen LogP contribution in [0, 0.1) is 10.1 Å². The molecular formula is C14H13ClN2O3. The largest absolute Gasteiger partial charge is 0.431 e. The van der Waals surface area contributed by atoms with E-state index in [1.807, 2.05) is 6.92 Å². The van der Waals surface area contributed by atoms with Crippen molar-refractivity contribution in [3.63, 3.8) is 0 Å². The molecule has 6 heteroatoms. The maximum Gasteiger partial charge on any atom is 0.311 e. The van der Waals surface area contributed by atoms with E-state index in [2.05, 4.69) is 4.98 Å². The molecule has 0 saturated carbocycles. The van der Waals surface area contributed by atoms with Crippen molar-refractivity contribution in [3.05, 3.63) is 57.8 Å². The van der Waals surface area contributed by atoms with Crippen molar-refractivity contribution in [2.75, 3.05) is 0 Å². The molecule has 0 fully saturated rings. The molecule has 104 valence electrons. The lowest BCUT2D eigenvalue weighted by Gasteiger charge is -2.09. The van der Waals surface area contributed by atoms with Gasteiger partial charge in [0.15, 0.2) is 0 Å². The molecule has 5 nitrogen and oxygen atoms in total. The van der Waals surface area contributed by atoms with Crippen LogP contribution in [0.4, 0.5) is 5.69 Å². The molecule has 2 rings (SSSR count). The number of benzene rings is 1. The summed E-state index contributed by atoms with van der Waals surface area (Å²) >= 11 is 5.79. The Bertz CT molecular complexity index is 632. The Morgan fingerprint density at radius 1 is 1.40 bits per heavy atom. The monoisotopic (exact) mass is 292 g/mol. The Morgan fingerprint density at radius 2 is 2.20 bits per heavy atom. The third-order valence-corrected chi connectivity index (χ3v) is 3.12. The number of pyridine rings is 1. The summed E-state index contributed by atoms with van der Waals surface area (Å²) < 4.78 is 5.56. The molecule has 1 aromatic carbocycles. The lowest BCUT2D eigenvalue weighted by atomic mass is 10.1. The minimum absolute atomic E-state index is 0.0736. The number of aromatic nitrogens is 1. The van der Waals surface area contributed by atoms with Crippen molar-refractivity contribution in [3.8, 4) is 11.6 Å². The van der Waals surface area contributed by atoms with Crippen molar-refractivity contribution in [1.29, 1.82) is 0 Å². The van der Waals surface area contributed by atoms with E-state index in [0.29, 0.717) is 5.56 Å². The number of nitrogens with zero attached hydrogens (tertiary/aromatic N) is 2. The number of ether oxygens (including phenoxy) is 1. The van der Waals surface area contributed by atoms with Gasteiger partial charge in [-0.05, 0) is 24.1 Å². The first-order valence-electron chi connectivity index (χ1n) is 6.10. The normalized spacial score (nSPS) is 10.3. The molecule has 0 atom stereocenters. The number of aryl methyl sites for hydroxylation is 1. The molecule has 0 saturated heterocycles. The second kappa shape index (κ2) is 6.34. The van der Waals surface area contributed by atoms with E-state index in [0.717, 1.165) is 12.0 Å². The summed E-state index contributed by atoms with van der Waals surface area (Å²) in [4.78, 5) is 14.7. The van der Waals surface area contributed by atoms with E-state index in [9.17, 15) is 10.1 Å². The van der Waals surface area contributed by atoms with E-state index < -0.39 is 4.92 Å². The van der Waals surface area contributed by atoms with Crippen LogP contribution in [0.3, 0.4) is 0 Å². The minimum atomic E-state index is -0.461. The van der Waals surface area contributed by atoms with Gasteiger partial charge in [0.1, 0.15) is 0 Å². The van der Waals surface area contributed by atoms with E-state index in [4.69, 9.17) is 16.3 Å². The van der Waals surface area contributed by atoms with E-state index in [1.54, 1.807) is 30.5 Å². The van der Waals surface area contributed by atoms with E-state index >= 15 is 0 Å². The van der Waals surface area contributed by atoms with E-state index in [-0.39, 0.29) is 23.2 Å². The summed E-state index contributed by atoms with van der Waals surface area (Å²) in [6.07, 6.45) is 2.27. The molecule has 2 aromatic rings. The first-order valence-corrected chi connectivity index (χ1v) is 6.64. The predicted octanol–water partition coefficient (Wildman–Crippen LogP) is 4.08. The van der Waals surface area contributed by atoms with Gasteiger partial charge in [-0.3, -0.25) is 10.1 Å². The number of hydrogen-bond donors (Lipinski definition) is 0. The van der Waals surface area contributed by atoms with Gasteiger partial charge in [0.05, 0.1) is 10.8 Å². The SMILES string of the molecule is CCc1ccc(Oc2ncccc2CCl)c([N+](=O)[O-])c1. The summed E-state index contributed by atoms with van der Waals surface area (Å²) in [7, 11) is 0. The van der Waals surface area contributed by atoms with Gasteiger partial charge in [-0.1, -0.05) is 19.1 Å². The quantitative estimate of drug-likeness (QED) is 0.473. The zero-order chi connectivity index (χ0) is 14.5. The smallest absolute Gasteiger partial charge is 0.311 e. The summed E-state index contributed by atoms with van der Waals surface area (Å²) in [5.74, 6) is 0.677. The highest BCUT2D eigenvalue weighted by Crippen LogP contribution is 2.33. The Labute approximate surface area is 121 Å². The van der Waals surface area contributed by atoms with Crippen molar-refractivity contribution < 1.29 is 9.66 Å². The average molecular weight is 293 g/mol. The maximum atomic E-state index is 11.1. The highest BCUT2D eigenvalue weighted by Gasteiger charge is 2.18. The molecule has 0 aliphatic carbocycles. The van der Waals surface area contributed by atoms with Crippen LogP contribution in [0.15, 0.2) is 36.5 Å². The second-order valence-corrected chi connectivity index (χ2v) is 4.38. The third kappa shape index (κ3) is 3.05. The standard InChI is InChI=1S/C14H13ClN2O3/c1-2-10-5-6-13(12(8-10)17(18)19)20-14-11(9-15)4-3-7-16-14/h3-8H,2,9H2,1H3. The van der Waals surface area contributed by atoms with Crippen LogP contribution in [-0.4, -0.2) is 9.91 Å².